The lowest BCUT2D eigenvalue weighted by molar-refractivity contribution is 0.102. The second-order valence-corrected chi connectivity index (χ2v) is 4.96. The molecule has 0 radical (unpaired) electrons. The maximum absolute atomic E-state index is 11.9. The van der Waals surface area contributed by atoms with Crippen LogP contribution in [0.25, 0.3) is 0 Å². The van der Waals surface area contributed by atoms with Gasteiger partial charge in [0.2, 0.25) is 0 Å². The number of thiazole rings is 1. The van der Waals surface area contributed by atoms with Crippen molar-refractivity contribution in [1.82, 2.24) is 4.98 Å². The third-order valence-electron chi connectivity index (χ3n) is 2.15. The van der Waals surface area contributed by atoms with Gasteiger partial charge in [-0.05, 0) is 24.3 Å². The van der Waals surface area contributed by atoms with Crippen molar-refractivity contribution >= 4 is 34.0 Å². The molecule has 0 fully saturated rings. The van der Waals surface area contributed by atoms with Crippen LogP contribution in [0.1, 0.15) is 15.2 Å². The molecule has 0 saturated heterocycles. The monoisotopic (exact) mass is 291 g/mol. The largest absolute Gasteiger partial charge is 0.320 e. The summed E-state index contributed by atoms with van der Waals surface area (Å²) >= 11 is 7.06. The third-order valence-corrected chi connectivity index (χ3v) is 3.23. The number of hydrogen-bond acceptors (Lipinski definition) is 4. The summed E-state index contributed by atoms with van der Waals surface area (Å²) in [7, 11) is 0. The molecule has 1 aromatic carbocycles. The van der Waals surface area contributed by atoms with Crippen LogP contribution in [0.4, 0.5) is 5.13 Å². The average molecular weight is 292 g/mol. The zero-order chi connectivity index (χ0) is 13.7. The van der Waals surface area contributed by atoms with Gasteiger partial charge in [0, 0.05) is 10.6 Å². The predicted molar refractivity (Wildman–Crippen MR) is 77.5 cm³/mol. The molecule has 96 valence electrons. The minimum atomic E-state index is -0.232. The Balaban J connectivity index is 2.06. The van der Waals surface area contributed by atoms with Gasteiger partial charge in [-0.15, -0.1) is 0 Å². The Morgan fingerprint density at radius 2 is 2.16 bits per heavy atom. The molecule has 2 aromatic rings. The molecule has 0 aliphatic carbocycles. The maximum atomic E-state index is 11.9. The van der Waals surface area contributed by atoms with E-state index in [0.29, 0.717) is 22.3 Å². The lowest BCUT2D eigenvalue weighted by Crippen LogP contribution is -2.11. The van der Waals surface area contributed by atoms with Gasteiger partial charge in [0.1, 0.15) is 0 Å². The van der Waals surface area contributed by atoms with Crippen LogP contribution in [0.15, 0.2) is 30.5 Å². The summed E-state index contributed by atoms with van der Waals surface area (Å²) in [5, 5.41) is 3.79. The number of nitrogens with zero attached hydrogens (tertiary/aromatic N) is 1. The smallest absolute Gasteiger partial charge is 0.257 e. The summed E-state index contributed by atoms with van der Waals surface area (Å²) in [4.78, 5) is 16.7. The fourth-order valence-electron chi connectivity index (χ4n) is 1.30. The number of hydrogen-bond donors (Lipinski definition) is 2. The molecule has 0 aliphatic rings. The zero-order valence-electron chi connectivity index (χ0n) is 9.81. The molecule has 4 nitrogen and oxygen atoms in total. The molecule has 0 atom stereocenters. The van der Waals surface area contributed by atoms with Gasteiger partial charge in [-0.1, -0.05) is 34.8 Å². The van der Waals surface area contributed by atoms with Crippen LogP contribution in [-0.2, 0) is 0 Å². The van der Waals surface area contributed by atoms with Crippen LogP contribution >= 0.6 is 22.9 Å². The minimum absolute atomic E-state index is 0.232. The highest BCUT2D eigenvalue weighted by atomic mass is 35.5. The second-order valence-electron chi connectivity index (χ2n) is 3.50. The van der Waals surface area contributed by atoms with Crippen molar-refractivity contribution in [2.45, 2.75) is 0 Å². The third kappa shape index (κ3) is 3.80. The van der Waals surface area contributed by atoms with Crippen LogP contribution < -0.4 is 11.1 Å². The van der Waals surface area contributed by atoms with Crippen molar-refractivity contribution in [3.05, 3.63) is 45.9 Å². The van der Waals surface area contributed by atoms with E-state index in [0.717, 1.165) is 4.88 Å². The molecule has 0 saturated carbocycles. The summed E-state index contributed by atoms with van der Waals surface area (Å²) in [5.74, 6) is 5.36. The zero-order valence-corrected chi connectivity index (χ0v) is 11.4. The number of halogens is 1. The number of rotatable bonds is 2. The first-order valence-electron chi connectivity index (χ1n) is 5.41. The van der Waals surface area contributed by atoms with Gasteiger partial charge in [0.05, 0.1) is 17.6 Å². The topological polar surface area (TPSA) is 68.0 Å². The van der Waals surface area contributed by atoms with E-state index in [-0.39, 0.29) is 5.91 Å². The van der Waals surface area contributed by atoms with Gasteiger partial charge in [-0.25, -0.2) is 4.98 Å². The molecule has 1 amide bonds. The van der Waals surface area contributed by atoms with Crippen LogP contribution in [0.5, 0.6) is 0 Å². The Labute approximate surface area is 119 Å². The van der Waals surface area contributed by atoms with Crippen LogP contribution in [-0.4, -0.2) is 17.4 Å². The lowest BCUT2D eigenvalue weighted by Gasteiger charge is -2.01. The van der Waals surface area contributed by atoms with Gasteiger partial charge in [0.25, 0.3) is 5.91 Å². The fraction of sp³-hybridized carbons (Fsp3) is 0.0769. The van der Waals surface area contributed by atoms with Crippen molar-refractivity contribution < 1.29 is 4.79 Å². The molecular weight excluding hydrogens is 282 g/mol. The number of amides is 1. The number of benzene rings is 1. The first kappa shape index (κ1) is 13.6. The van der Waals surface area contributed by atoms with Crippen molar-refractivity contribution in [3.63, 3.8) is 0 Å². The average Bonchev–Trinajstić information content (AvgIpc) is 2.84. The van der Waals surface area contributed by atoms with E-state index in [1.165, 1.54) is 11.3 Å². The molecule has 0 aliphatic heterocycles. The van der Waals surface area contributed by atoms with Crippen LogP contribution in [0.2, 0.25) is 5.02 Å². The number of aromatic nitrogens is 1. The maximum Gasteiger partial charge on any atom is 0.257 e. The minimum Gasteiger partial charge on any atom is -0.320 e. The first-order valence-corrected chi connectivity index (χ1v) is 6.60. The molecule has 6 heteroatoms. The molecule has 0 bridgehead atoms. The molecule has 19 heavy (non-hydrogen) atoms. The summed E-state index contributed by atoms with van der Waals surface area (Å²) in [6.45, 7) is 0.296. The molecule has 1 heterocycles. The van der Waals surface area contributed by atoms with Crippen molar-refractivity contribution in [2.24, 2.45) is 5.73 Å². The van der Waals surface area contributed by atoms with Crippen molar-refractivity contribution in [2.75, 3.05) is 11.9 Å². The highest BCUT2D eigenvalue weighted by Crippen LogP contribution is 2.18. The normalized spacial score (nSPS) is 9.58. The van der Waals surface area contributed by atoms with E-state index in [9.17, 15) is 4.79 Å². The quantitative estimate of drug-likeness (QED) is 0.835. The van der Waals surface area contributed by atoms with Gasteiger partial charge in [0.15, 0.2) is 5.13 Å². The van der Waals surface area contributed by atoms with Crippen molar-refractivity contribution in [3.8, 4) is 11.8 Å². The summed E-state index contributed by atoms with van der Waals surface area (Å²) in [6, 6.07) is 6.63. The number of nitrogens with one attached hydrogen (secondary N) is 1. The SMILES string of the molecule is NCC#Cc1cnc(NC(=O)c2ccc(Cl)cc2)s1. The van der Waals surface area contributed by atoms with Gasteiger partial charge in [-0.3, -0.25) is 10.1 Å². The molecular formula is C13H10ClN3OS. The van der Waals surface area contributed by atoms with E-state index in [2.05, 4.69) is 22.1 Å². The Morgan fingerprint density at radius 3 is 2.84 bits per heavy atom. The van der Waals surface area contributed by atoms with Gasteiger partial charge >= 0.3 is 0 Å². The fourth-order valence-corrected chi connectivity index (χ4v) is 2.11. The standard InChI is InChI=1S/C13H10ClN3OS/c14-10-5-3-9(4-6-10)12(18)17-13-16-8-11(19-13)2-1-7-15/h3-6,8H,7,15H2,(H,16,17,18). The second kappa shape index (κ2) is 6.34. The first-order chi connectivity index (χ1) is 9.19. The van der Waals surface area contributed by atoms with E-state index in [4.69, 9.17) is 17.3 Å². The number of carbonyl (C=O) groups is 1. The number of carbonyl (C=O) groups excluding carboxylic acids is 1. The Morgan fingerprint density at radius 1 is 1.42 bits per heavy atom. The number of nitrogens with two attached hydrogens (primary N) is 1. The number of anilines is 1. The van der Waals surface area contributed by atoms with E-state index in [1.54, 1.807) is 30.5 Å². The van der Waals surface area contributed by atoms with Gasteiger partial charge < -0.3 is 5.73 Å². The van der Waals surface area contributed by atoms with Crippen LogP contribution in [0, 0.1) is 11.8 Å². The molecule has 1 aromatic heterocycles. The summed E-state index contributed by atoms with van der Waals surface area (Å²) in [5.41, 5.74) is 5.80. The Bertz CT molecular complexity index is 640. The Kier molecular flexibility index (Phi) is 4.53. The molecule has 0 spiro atoms. The summed E-state index contributed by atoms with van der Waals surface area (Å²) < 4.78 is 0. The molecule has 3 N–H and O–H groups in total. The predicted octanol–water partition coefficient (Wildman–Crippen LogP) is 2.36. The molecule has 0 unspecified atom stereocenters. The van der Waals surface area contributed by atoms with Gasteiger partial charge in [-0.2, -0.15) is 0 Å². The highest BCUT2D eigenvalue weighted by molar-refractivity contribution is 7.16. The van der Waals surface area contributed by atoms with E-state index < -0.39 is 0 Å². The molecule has 2 rings (SSSR count). The lowest BCUT2D eigenvalue weighted by atomic mass is 10.2. The van der Waals surface area contributed by atoms with Crippen molar-refractivity contribution in [1.29, 1.82) is 0 Å². The van der Waals surface area contributed by atoms with E-state index in [1.807, 2.05) is 0 Å². The van der Waals surface area contributed by atoms with E-state index >= 15 is 0 Å². The summed E-state index contributed by atoms with van der Waals surface area (Å²) in [6.07, 6.45) is 1.60. The highest BCUT2D eigenvalue weighted by Gasteiger charge is 2.08. The van der Waals surface area contributed by atoms with Crippen LogP contribution in [0.3, 0.4) is 0 Å². The Hall–Kier alpha value is -1.87.